The number of thiazole rings is 1. The number of benzene rings is 1. The fraction of sp³-hybridized carbons (Fsp3) is 0.167. The summed E-state index contributed by atoms with van der Waals surface area (Å²) in [5.41, 5.74) is 2.40. The van der Waals surface area contributed by atoms with Crippen molar-refractivity contribution in [2.75, 3.05) is 0 Å². The topological polar surface area (TPSA) is 71.7 Å². The molecule has 0 atom stereocenters. The Hall–Kier alpha value is -2.73. The number of carboxylic acid groups (broad SMARTS) is 1. The van der Waals surface area contributed by atoms with Crippen molar-refractivity contribution in [3.8, 4) is 0 Å². The molecule has 0 saturated heterocycles. The highest BCUT2D eigenvalue weighted by Crippen LogP contribution is 2.22. The zero-order chi connectivity index (χ0) is 17.3. The summed E-state index contributed by atoms with van der Waals surface area (Å²) in [5.74, 6) is -1.04. The Balaban J connectivity index is 2.20. The van der Waals surface area contributed by atoms with E-state index in [4.69, 9.17) is 0 Å². The van der Waals surface area contributed by atoms with Crippen LogP contribution in [0.4, 0.5) is 0 Å². The van der Waals surface area contributed by atoms with Crippen molar-refractivity contribution in [2.24, 2.45) is 0 Å². The zero-order valence-electron chi connectivity index (χ0n) is 13.3. The fourth-order valence-electron chi connectivity index (χ4n) is 2.59. The van der Waals surface area contributed by atoms with Crippen molar-refractivity contribution in [1.29, 1.82) is 0 Å². The Morgan fingerprint density at radius 2 is 2.00 bits per heavy atom. The minimum absolute atomic E-state index is 0.144. The Morgan fingerprint density at radius 1 is 1.29 bits per heavy atom. The number of aromatic carboxylic acids is 1. The summed E-state index contributed by atoms with van der Waals surface area (Å²) in [5, 5.41) is 9.26. The molecule has 0 aliphatic carbocycles. The number of nitrogens with zero attached hydrogens (tertiary/aromatic N) is 2. The van der Waals surface area contributed by atoms with Crippen molar-refractivity contribution in [2.45, 2.75) is 20.3 Å². The van der Waals surface area contributed by atoms with Gasteiger partial charge < -0.3 is 5.11 Å². The highest BCUT2D eigenvalue weighted by atomic mass is 32.1. The second kappa shape index (κ2) is 6.41. The van der Waals surface area contributed by atoms with E-state index in [2.05, 4.69) is 4.98 Å². The van der Waals surface area contributed by atoms with E-state index in [9.17, 15) is 14.7 Å². The van der Waals surface area contributed by atoms with Gasteiger partial charge in [0.05, 0.1) is 11.4 Å². The van der Waals surface area contributed by atoms with Gasteiger partial charge in [0.2, 0.25) is 0 Å². The molecule has 0 aliphatic rings. The van der Waals surface area contributed by atoms with Gasteiger partial charge in [0, 0.05) is 5.56 Å². The number of carboxylic acids is 1. The van der Waals surface area contributed by atoms with Crippen LogP contribution >= 0.6 is 11.3 Å². The lowest BCUT2D eigenvalue weighted by Gasteiger charge is -2.04. The van der Waals surface area contributed by atoms with E-state index in [1.165, 1.54) is 4.40 Å². The van der Waals surface area contributed by atoms with Gasteiger partial charge >= 0.3 is 5.97 Å². The van der Waals surface area contributed by atoms with E-state index in [0.29, 0.717) is 28.3 Å². The predicted octanol–water partition coefficient (Wildman–Crippen LogP) is 3.50. The molecule has 0 fully saturated rings. The molecular weight excluding hydrogens is 324 g/mol. The third-order valence-electron chi connectivity index (χ3n) is 3.82. The number of carbonyl (C=O) groups is 1. The van der Waals surface area contributed by atoms with Crippen LogP contribution in [0.25, 0.3) is 17.1 Å². The van der Waals surface area contributed by atoms with Gasteiger partial charge in [0.15, 0.2) is 4.96 Å². The van der Waals surface area contributed by atoms with E-state index in [-0.39, 0.29) is 10.4 Å². The maximum Gasteiger partial charge on any atom is 0.347 e. The summed E-state index contributed by atoms with van der Waals surface area (Å²) < 4.78 is 1.40. The molecule has 0 bridgehead atoms. The lowest BCUT2D eigenvalue weighted by atomic mass is 10.1. The summed E-state index contributed by atoms with van der Waals surface area (Å²) >= 11 is 1.02. The van der Waals surface area contributed by atoms with Crippen LogP contribution in [0.3, 0.4) is 0 Å². The SMILES string of the molecule is CCc1c(C=Cc2ccccc2)nc2sc(C(=O)O)c(C)n2c1=O. The van der Waals surface area contributed by atoms with Crippen LogP contribution in [0.5, 0.6) is 0 Å². The van der Waals surface area contributed by atoms with Crippen LogP contribution in [0.1, 0.15) is 39.1 Å². The molecule has 3 rings (SSSR count). The van der Waals surface area contributed by atoms with Crippen LogP contribution in [-0.2, 0) is 6.42 Å². The third-order valence-corrected chi connectivity index (χ3v) is 4.95. The highest BCUT2D eigenvalue weighted by Gasteiger charge is 2.19. The molecule has 5 nitrogen and oxygen atoms in total. The Kier molecular flexibility index (Phi) is 4.31. The van der Waals surface area contributed by atoms with E-state index < -0.39 is 5.97 Å². The average Bonchev–Trinajstić information content (AvgIpc) is 2.91. The van der Waals surface area contributed by atoms with Gasteiger partial charge in [-0.05, 0) is 25.0 Å². The quantitative estimate of drug-likeness (QED) is 0.789. The summed E-state index contributed by atoms with van der Waals surface area (Å²) in [6, 6.07) is 9.74. The van der Waals surface area contributed by atoms with Crippen LogP contribution < -0.4 is 5.56 Å². The van der Waals surface area contributed by atoms with E-state index in [0.717, 1.165) is 16.9 Å². The van der Waals surface area contributed by atoms with Crippen molar-refractivity contribution >= 4 is 34.4 Å². The molecule has 6 heteroatoms. The maximum absolute atomic E-state index is 12.8. The smallest absolute Gasteiger partial charge is 0.347 e. The molecule has 2 aromatic heterocycles. The second-order valence-electron chi connectivity index (χ2n) is 5.32. The standard InChI is InChI=1S/C18H16N2O3S/c1-3-13-14(10-9-12-7-5-4-6-8-12)19-18-20(16(13)21)11(2)15(24-18)17(22)23/h4-10H,3H2,1-2H3,(H,22,23). The molecule has 0 radical (unpaired) electrons. The van der Waals surface area contributed by atoms with Gasteiger partial charge in [0.25, 0.3) is 5.56 Å². The Labute approximate surface area is 142 Å². The lowest BCUT2D eigenvalue weighted by Crippen LogP contribution is -2.21. The molecule has 2 heterocycles. The average molecular weight is 340 g/mol. The van der Waals surface area contributed by atoms with Crippen LogP contribution in [0.2, 0.25) is 0 Å². The molecule has 0 unspecified atom stereocenters. The summed E-state index contributed by atoms with van der Waals surface area (Å²) in [6.07, 6.45) is 4.24. The molecule has 0 amide bonds. The molecule has 24 heavy (non-hydrogen) atoms. The minimum atomic E-state index is -1.04. The van der Waals surface area contributed by atoms with E-state index >= 15 is 0 Å². The van der Waals surface area contributed by atoms with Gasteiger partial charge in [-0.15, -0.1) is 0 Å². The number of rotatable bonds is 4. The summed E-state index contributed by atoms with van der Waals surface area (Å²) in [7, 11) is 0. The molecule has 1 N–H and O–H groups in total. The van der Waals surface area contributed by atoms with Gasteiger partial charge in [0.1, 0.15) is 4.88 Å². The Morgan fingerprint density at radius 3 is 2.62 bits per heavy atom. The molecule has 1 aromatic carbocycles. The molecule has 0 aliphatic heterocycles. The monoisotopic (exact) mass is 340 g/mol. The highest BCUT2D eigenvalue weighted by molar-refractivity contribution is 7.18. The number of hydrogen-bond donors (Lipinski definition) is 1. The third kappa shape index (κ3) is 2.76. The molecule has 0 spiro atoms. The zero-order valence-corrected chi connectivity index (χ0v) is 14.1. The van der Waals surface area contributed by atoms with Gasteiger partial charge in [-0.25, -0.2) is 9.78 Å². The van der Waals surface area contributed by atoms with Gasteiger partial charge in [-0.2, -0.15) is 0 Å². The number of aromatic nitrogens is 2. The molecule has 122 valence electrons. The number of fused-ring (bicyclic) bond motifs is 1. The number of aryl methyl sites for hydroxylation is 1. The lowest BCUT2D eigenvalue weighted by molar-refractivity contribution is 0.0701. The van der Waals surface area contributed by atoms with Crippen LogP contribution in [-0.4, -0.2) is 20.5 Å². The van der Waals surface area contributed by atoms with Gasteiger partial charge in [-0.1, -0.05) is 54.7 Å². The maximum atomic E-state index is 12.8. The first-order chi connectivity index (χ1) is 11.5. The molecule has 3 aromatic rings. The summed E-state index contributed by atoms with van der Waals surface area (Å²) in [6.45, 7) is 3.53. The first kappa shape index (κ1) is 16.1. The fourth-order valence-corrected chi connectivity index (χ4v) is 3.55. The van der Waals surface area contributed by atoms with Crippen molar-refractivity contribution in [3.05, 3.63) is 68.1 Å². The van der Waals surface area contributed by atoms with E-state index in [1.54, 1.807) is 6.92 Å². The first-order valence-corrected chi connectivity index (χ1v) is 8.36. The minimum Gasteiger partial charge on any atom is -0.477 e. The molecular formula is C18H16N2O3S. The first-order valence-electron chi connectivity index (χ1n) is 7.54. The van der Waals surface area contributed by atoms with Crippen LogP contribution in [0, 0.1) is 6.92 Å². The van der Waals surface area contributed by atoms with Gasteiger partial charge in [-0.3, -0.25) is 9.20 Å². The van der Waals surface area contributed by atoms with Crippen molar-refractivity contribution in [1.82, 2.24) is 9.38 Å². The van der Waals surface area contributed by atoms with Crippen molar-refractivity contribution in [3.63, 3.8) is 0 Å². The largest absolute Gasteiger partial charge is 0.477 e. The molecule has 0 saturated carbocycles. The Bertz CT molecular complexity index is 1000. The normalized spacial score (nSPS) is 11.4. The van der Waals surface area contributed by atoms with E-state index in [1.807, 2.05) is 49.4 Å². The van der Waals surface area contributed by atoms with Crippen molar-refractivity contribution < 1.29 is 9.90 Å². The number of hydrogen-bond acceptors (Lipinski definition) is 4. The second-order valence-corrected chi connectivity index (χ2v) is 6.30. The van der Waals surface area contributed by atoms with Crippen LogP contribution in [0.15, 0.2) is 35.1 Å². The predicted molar refractivity (Wildman–Crippen MR) is 95.8 cm³/mol. The summed E-state index contributed by atoms with van der Waals surface area (Å²) in [4.78, 5) is 29.1.